The van der Waals surface area contributed by atoms with E-state index >= 15 is 0 Å². The van der Waals surface area contributed by atoms with Crippen LogP contribution in [-0.4, -0.2) is 43.0 Å². The number of likely N-dealkylation sites (tertiary alicyclic amines) is 1. The van der Waals surface area contributed by atoms with Crippen LogP contribution in [0.5, 0.6) is 0 Å². The van der Waals surface area contributed by atoms with Gasteiger partial charge in [0, 0.05) is 31.2 Å². The van der Waals surface area contributed by atoms with Gasteiger partial charge in [-0.25, -0.2) is 0 Å². The molecule has 1 aliphatic rings. The Morgan fingerprint density at radius 2 is 2.00 bits per heavy atom. The second-order valence-electron chi connectivity index (χ2n) is 5.82. The summed E-state index contributed by atoms with van der Waals surface area (Å²) in [4.78, 5) is 4.87. The van der Waals surface area contributed by atoms with Gasteiger partial charge in [-0.3, -0.25) is 4.90 Å². The van der Waals surface area contributed by atoms with Crippen LogP contribution in [0.3, 0.4) is 0 Å². The van der Waals surface area contributed by atoms with Gasteiger partial charge in [0.15, 0.2) is 0 Å². The Balaban J connectivity index is 1.62. The first-order valence-electron chi connectivity index (χ1n) is 7.24. The molecule has 1 fully saturated rings. The van der Waals surface area contributed by atoms with Crippen LogP contribution in [0.25, 0.3) is 11.3 Å². The molecule has 1 aromatic carbocycles. The van der Waals surface area contributed by atoms with Crippen molar-refractivity contribution in [3.8, 4) is 11.3 Å². The zero-order valence-electron chi connectivity index (χ0n) is 12.2. The van der Waals surface area contributed by atoms with Gasteiger partial charge in [-0.2, -0.15) is 0 Å². The maximum atomic E-state index is 5.42. The summed E-state index contributed by atoms with van der Waals surface area (Å²) in [5.41, 5.74) is 2.52. The van der Waals surface area contributed by atoms with Crippen LogP contribution in [0.1, 0.15) is 12.0 Å². The molecule has 3 rings (SSSR count). The predicted molar refractivity (Wildman–Crippen MR) is 81.5 cm³/mol. The number of hydrogen-bond acceptors (Lipinski definition) is 3. The summed E-state index contributed by atoms with van der Waals surface area (Å²) in [5, 5.41) is 0. The Hall–Kier alpha value is -1.58. The standard InChI is InChI=1S/C17H22N2O/c1-18(2)16-9-10-19(13-16)12-14-5-7-15(8-6-14)17-4-3-11-20-17/h3-8,11,16H,9-10,12-13H2,1-2H3. The van der Waals surface area contributed by atoms with Crippen molar-refractivity contribution in [1.29, 1.82) is 0 Å². The number of nitrogens with zero attached hydrogens (tertiary/aromatic N) is 2. The Labute approximate surface area is 120 Å². The first-order valence-corrected chi connectivity index (χ1v) is 7.24. The highest BCUT2D eigenvalue weighted by atomic mass is 16.3. The van der Waals surface area contributed by atoms with Gasteiger partial charge in [-0.05, 0) is 38.2 Å². The third-order valence-electron chi connectivity index (χ3n) is 4.14. The van der Waals surface area contributed by atoms with Gasteiger partial charge in [0.05, 0.1) is 6.26 Å². The van der Waals surface area contributed by atoms with Crippen molar-refractivity contribution in [1.82, 2.24) is 9.80 Å². The summed E-state index contributed by atoms with van der Waals surface area (Å²) >= 11 is 0. The van der Waals surface area contributed by atoms with Crippen molar-refractivity contribution in [2.24, 2.45) is 0 Å². The van der Waals surface area contributed by atoms with Crippen molar-refractivity contribution in [2.75, 3.05) is 27.2 Å². The van der Waals surface area contributed by atoms with Crippen LogP contribution in [0.2, 0.25) is 0 Å². The minimum absolute atomic E-state index is 0.706. The van der Waals surface area contributed by atoms with E-state index in [1.807, 2.05) is 12.1 Å². The fraction of sp³-hybridized carbons (Fsp3) is 0.412. The maximum absolute atomic E-state index is 5.42. The SMILES string of the molecule is CN(C)C1CCN(Cc2ccc(-c3ccco3)cc2)C1. The Bertz CT molecular complexity index is 531. The molecule has 20 heavy (non-hydrogen) atoms. The van der Waals surface area contributed by atoms with Gasteiger partial charge >= 0.3 is 0 Å². The molecule has 1 atom stereocenters. The zero-order valence-corrected chi connectivity index (χ0v) is 12.2. The molecule has 0 saturated carbocycles. The maximum Gasteiger partial charge on any atom is 0.133 e. The molecule has 2 heterocycles. The molecule has 2 aromatic rings. The van der Waals surface area contributed by atoms with Crippen LogP contribution in [0, 0.1) is 0 Å². The summed E-state index contributed by atoms with van der Waals surface area (Å²) < 4.78 is 5.42. The van der Waals surface area contributed by atoms with Crippen molar-refractivity contribution >= 4 is 0 Å². The van der Waals surface area contributed by atoms with Crippen LogP contribution >= 0.6 is 0 Å². The quantitative estimate of drug-likeness (QED) is 0.851. The lowest BCUT2D eigenvalue weighted by Gasteiger charge is -2.20. The second-order valence-corrected chi connectivity index (χ2v) is 5.82. The lowest BCUT2D eigenvalue weighted by Crippen LogP contribution is -2.31. The normalized spacial score (nSPS) is 19.9. The highest BCUT2D eigenvalue weighted by molar-refractivity contribution is 5.57. The monoisotopic (exact) mass is 270 g/mol. The van der Waals surface area contributed by atoms with E-state index in [9.17, 15) is 0 Å². The fourth-order valence-electron chi connectivity index (χ4n) is 2.85. The van der Waals surface area contributed by atoms with Crippen LogP contribution in [0.15, 0.2) is 47.1 Å². The molecule has 1 aromatic heterocycles. The molecule has 1 saturated heterocycles. The van der Waals surface area contributed by atoms with Crippen LogP contribution in [0.4, 0.5) is 0 Å². The van der Waals surface area contributed by atoms with Gasteiger partial charge < -0.3 is 9.32 Å². The van der Waals surface area contributed by atoms with Crippen molar-refractivity contribution in [2.45, 2.75) is 19.0 Å². The average molecular weight is 270 g/mol. The van der Waals surface area contributed by atoms with Crippen LogP contribution < -0.4 is 0 Å². The molecule has 0 N–H and O–H groups in total. The highest BCUT2D eigenvalue weighted by Crippen LogP contribution is 2.21. The van der Waals surface area contributed by atoms with Crippen molar-refractivity contribution in [3.05, 3.63) is 48.2 Å². The number of likely N-dealkylation sites (N-methyl/N-ethyl adjacent to an activating group) is 1. The molecule has 106 valence electrons. The summed E-state index contributed by atoms with van der Waals surface area (Å²) in [6.45, 7) is 3.42. The summed E-state index contributed by atoms with van der Waals surface area (Å²) in [5.74, 6) is 0.936. The molecule has 3 nitrogen and oxygen atoms in total. The van der Waals surface area contributed by atoms with Gasteiger partial charge in [0.25, 0.3) is 0 Å². The minimum atomic E-state index is 0.706. The molecule has 0 bridgehead atoms. The number of furan rings is 1. The van der Waals surface area contributed by atoms with Gasteiger partial charge in [0.1, 0.15) is 5.76 Å². The topological polar surface area (TPSA) is 19.6 Å². The molecule has 0 radical (unpaired) electrons. The van der Waals surface area contributed by atoms with Crippen molar-refractivity contribution in [3.63, 3.8) is 0 Å². The van der Waals surface area contributed by atoms with Gasteiger partial charge in [-0.15, -0.1) is 0 Å². The summed E-state index contributed by atoms with van der Waals surface area (Å²) in [6, 6.07) is 13.3. The lowest BCUT2D eigenvalue weighted by molar-refractivity contribution is 0.264. The Morgan fingerprint density at radius 1 is 1.20 bits per heavy atom. The Morgan fingerprint density at radius 3 is 2.60 bits per heavy atom. The number of benzene rings is 1. The van der Waals surface area contributed by atoms with E-state index in [0.29, 0.717) is 6.04 Å². The second kappa shape index (κ2) is 5.81. The van der Waals surface area contributed by atoms with Gasteiger partial charge in [0.2, 0.25) is 0 Å². The van der Waals surface area contributed by atoms with Crippen molar-refractivity contribution < 1.29 is 4.42 Å². The van der Waals surface area contributed by atoms with Crippen LogP contribution in [-0.2, 0) is 6.54 Å². The zero-order chi connectivity index (χ0) is 13.9. The molecule has 1 aliphatic heterocycles. The predicted octanol–water partition coefficient (Wildman–Crippen LogP) is 3.08. The molecule has 3 heteroatoms. The smallest absolute Gasteiger partial charge is 0.133 e. The molecule has 0 spiro atoms. The number of rotatable bonds is 4. The first kappa shape index (κ1) is 13.4. The summed E-state index contributed by atoms with van der Waals surface area (Å²) in [6.07, 6.45) is 2.99. The molecule has 1 unspecified atom stereocenters. The van der Waals surface area contributed by atoms with E-state index in [0.717, 1.165) is 17.9 Å². The average Bonchev–Trinajstić information content (AvgIpc) is 3.10. The molecule has 0 amide bonds. The molecule has 0 aliphatic carbocycles. The first-order chi connectivity index (χ1) is 9.72. The Kier molecular flexibility index (Phi) is 3.90. The largest absolute Gasteiger partial charge is 0.464 e. The molecular formula is C17H22N2O. The highest BCUT2D eigenvalue weighted by Gasteiger charge is 2.23. The fourth-order valence-corrected chi connectivity index (χ4v) is 2.85. The minimum Gasteiger partial charge on any atom is -0.464 e. The number of hydrogen-bond donors (Lipinski definition) is 0. The van der Waals surface area contributed by atoms with Gasteiger partial charge in [-0.1, -0.05) is 24.3 Å². The van der Waals surface area contributed by atoms with E-state index in [4.69, 9.17) is 4.42 Å². The van der Waals surface area contributed by atoms with E-state index < -0.39 is 0 Å². The van der Waals surface area contributed by atoms with E-state index in [1.165, 1.54) is 25.1 Å². The lowest BCUT2D eigenvalue weighted by atomic mass is 10.1. The third-order valence-corrected chi connectivity index (χ3v) is 4.14. The van der Waals surface area contributed by atoms with E-state index in [2.05, 4.69) is 48.2 Å². The summed E-state index contributed by atoms with van der Waals surface area (Å²) in [7, 11) is 4.35. The van der Waals surface area contributed by atoms with E-state index in [-0.39, 0.29) is 0 Å². The molecular weight excluding hydrogens is 248 g/mol. The van der Waals surface area contributed by atoms with E-state index in [1.54, 1.807) is 6.26 Å². The third kappa shape index (κ3) is 2.94.